The zero-order chi connectivity index (χ0) is 5.98. The third-order valence-electron chi connectivity index (χ3n) is 0.980. The number of rotatable bonds is 1. The van der Waals surface area contributed by atoms with Crippen molar-refractivity contribution in [2.75, 3.05) is 0 Å². The Balaban J connectivity index is 0.000000640. The van der Waals surface area contributed by atoms with E-state index in [1.807, 2.05) is 13.8 Å². The van der Waals surface area contributed by atoms with E-state index in [0.717, 1.165) is 5.76 Å². The standard InChI is InChI=1S/C6H8NO.Re/c1-5(2)6-3-4-7-8-6;/h3,5H,1-2H3;/q-1;. The summed E-state index contributed by atoms with van der Waals surface area (Å²) in [7, 11) is 0. The molecule has 0 fully saturated rings. The van der Waals surface area contributed by atoms with Crippen LogP contribution in [0, 0.1) is 6.20 Å². The fourth-order valence-electron chi connectivity index (χ4n) is 0.467. The minimum Gasteiger partial charge on any atom is -0.470 e. The minimum atomic E-state index is 0. The van der Waals surface area contributed by atoms with Crippen LogP contribution in [-0.2, 0) is 20.4 Å². The summed E-state index contributed by atoms with van der Waals surface area (Å²) in [5, 5.41) is 3.44. The molecular formula is C6H8NORe-. The molecule has 9 heavy (non-hydrogen) atoms. The van der Waals surface area contributed by atoms with E-state index in [0.29, 0.717) is 5.92 Å². The molecule has 0 aliphatic heterocycles. The summed E-state index contributed by atoms with van der Waals surface area (Å²) < 4.78 is 4.79. The fourth-order valence-corrected chi connectivity index (χ4v) is 0.467. The van der Waals surface area contributed by atoms with Gasteiger partial charge in [0.1, 0.15) is 0 Å². The van der Waals surface area contributed by atoms with Gasteiger partial charge in [-0.05, 0) is 5.76 Å². The second kappa shape index (κ2) is 3.81. The smallest absolute Gasteiger partial charge is 0 e. The Kier molecular flexibility index (Phi) is 3.76. The zero-order valence-electron chi connectivity index (χ0n) is 5.39. The van der Waals surface area contributed by atoms with Crippen molar-refractivity contribution >= 4 is 0 Å². The van der Waals surface area contributed by atoms with Crippen molar-refractivity contribution in [2.24, 2.45) is 0 Å². The minimum absolute atomic E-state index is 0. The largest absolute Gasteiger partial charge is 0.470 e. The molecule has 0 aromatic carbocycles. The molecule has 0 N–H and O–H groups in total. The molecule has 0 spiro atoms. The van der Waals surface area contributed by atoms with Crippen LogP contribution >= 0.6 is 0 Å². The molecule has 0 amide bonds. The van der Waals surface area contributed by atoms with Gasteiger partial charge in [-0.1, -0.05) is 19.8 Å². The van der Waals surface area contributed by atoms with E-state index < -0.39 is 0 Å². The maximum absolute atomic E-state index is 4.79. The molecule has 1 heterocycles. The van der Waals surface area contributed by atoms with Gasteiger partial charge in [0, 0.05) is 20.4 Å². The summed E-state index contributed by atoms with van der Waals surface area (Å²) >= 11 is 0. The van der Waals surface area contributed by atoms with Crippen LogP contribution in [0.5, 0.6) is 0 Å². The maximum Gasteiger partial charge on any atom is 0 e. The molecule has 0 saturated heterocycles. The van der Waals surface area contributed by atoms with Crippen molar-refractivity contribution in [1.82, 2.24) is 5.16 Å². The SMILES string of the molecule is CC(C)c1c[c-]no1.[Re]. The van der Waals surface area contributed by atoms with E-state index in [4.69, 9.17) is 4.52 Å². The van der Waals surface area contributed by atoms with Crippen LogP contribution in [0.2, 0.25) is 0 Å². The molecule has 0 aliphatic rings. The Bertz CT molecular complexity index is 148. The Morgan fingerprint density at radius 1 is 1.67 bits per heavy atom. The van der Waals surface area contributed by atoms with Crippen LogP contribution in [-0.4, -0.2) is 5.16 Å². The molecule has 1 rings (SSSR count). The van der Waals surface area contributed by atoms with Crippen molar-refractivity contribution in [1.29, 1.82) is 0 Å². The predicted octanol–water partition coefficient (Wildman–Crippen LogP) is 1.60. The average molecular weight is 296 g/mol. The van der Waals surface area contributed by atoms with Gasteiger partial charge in [-0.15, -0.1) is 6.20 Å². The van der Waals surface area contributed by atoms with Crippen LogP contribution in [0.25, 0.3) is 0 Å². The van der Waals surface area contributed by atoms with Gasteiger partial charge >= 0.3 is 0 Å². The molecule has 0 aliphatic carbocycles. The normalized spacial score (nSPS) is 9.22. The third kappa shape index (κ3) is 2.30. The zero-order valence-corrected chi connectivity index (χ0v) is 8.10. The molecule has 51 valence electrons. The number of nitrogens with zero attached hydrogens (tertiary/aromatic N) is 1. The van der Waals surface area contributed by atoms with E-state index in [1.54, 1.807) is 6.07 Å². The predicted molar refractivity (Wildman–Crippen MR) is 29.4 cm³/mol. The maximum atomic E-state index is 4.79. The molecule has 1 aromatic heterocycles. The Morgan fingerprint density at radius 3 is 2.56 bits per heavy atom. The molecule has 2 nitrogen and oxygen atoms in total. The first-order chi connectivity index (χ1) is 3.80. The van der Waals surface area contributed by atoms with Crippen molar-refractivity contribution in [2.45, 2.75) is 19.8 Å². The van der Waals surface area contributed by atoms with Gasteiger partial charge in [0.2, 0.25) is 0 Å². The molecule has 0 unspecified atom stereocenters. The first-order valence-electron chi connectivity index (χ1n) is 2.63. The van der Waals surface area contributed by atoms with Gasteiger partial charge in [-0.25, -0.2) is 5.16 Å². The van der Waals surface area contributed by atoms with Gasteiger partial charge in [-0.3, -0.25) is 0 Å². The number of hydrogen-bond acceptors (Lipinski definition) is 2. The van der Waals surface area contributed by atoms with Crippen LogP contribution in [0.15, 0.2) is 10.6 Å². The van der Waals surface area contributed by atoms with E-state index >= 15 is 0 Å². The Morgan fingerprint density at radius 2 is 2.33 bits per heavy atom. The number of aromatic nitrogens is 1. The third-order valence-corrected chi connectivity index (χ3v) is 0.980. The molecule has 3 heteroatoms. The molecular weight excluding hydrogens is 288 g/mol. The van der Waals surface area contributed by atoms with E-state index in [-0.39, 0.29) is 20.4 Å². The summed E-state index contributed by atoms with van der Waals surface area (Å²) in [4.78, 5) is 0. The van der Waals surface area contributed by atoms with Crippen LogP contribution in [0.1, 0.15) is 25.5 Å². The fraction of sp³-hybridized carbons (Fsp3) is 0.500. The molecule has 1 radical (unpaired) electrons. The van der Waals surface area contributed by atoms with Crippen molar-refractivity contribution in [3.05, 3.63) is 18.0 Å². The monoisotopic (exact) mass is 297 g/mol. The van der Waals surface area contributed by atoms with Gasteiger partial charge < -0.3 is 4.52 Å². The van der Waals surface area contributed by atoms with Crippen LogP contribution in [0.3, 0.4) is 0 Å². The van der Waals surface area contributed by atoms with Crippen LogP contribution < -0.4 is 0 Å². The van der Waals surface area contributed by atoms with Gasteiger partial charge in [0.25, 0.3) is 0 Å². The first-order valence-corrected chi connectivity index (χ1v) is 2.63. The molecule has 0 saturated carbocycles. The topological polar surface area (TPSA) is 26.0 Å². The number of hydrogen-bond donors (Lipinski definition) is 0. The second-order valence-electron chi connectivity index (χ2n) is 2.01. The van der Waals surface area contributed by atoms with Crippen LogP contribution in [0.4, 0.5) is 0 Å². The summed E-state index contributed by atoms with van der Waals surface area (Å²) in [5.74, 6) is 1.32. The van der Waals surface area contributed by atoms with Crippen molar-refractivity contribution in [3.63, 3.8) is 0 Å². The average Bonchev–Trinajstić information content (AvgIpc) is 2.12. The van der Waals surface area contributed by atoms with E-state index in [1.165, 1.54) is 0 Å². The summed E-state index contributed by atoms with van der Waals surface area (Å²) in [5.41, 5.74) is 0. The Hall–Kier alpha value is -0.128. The molecule has 0 bridgehead atoms. The van der Waals surface area contributed by atoms with Gasteiger partial charge in [-0.2, -0.15) is 6.07 Å². The van der Waals surface area contributed by atoms with Gasteiger partial charge in [0.05, 0.1) is 0 Å². The van der Waals surface area contributed by atoms with E-state index in [2.05, 4.69) is 11.4 Å². The molecule has 0 atom stereocenters. The van der Waals surface area contributed by atoms with Crippen molar-refractivity contribution in [3.8, 4) is 0 Å². The first kappa shape index (κ1) is 8.87. The molecule has 1 aromatic rings. The van der Waals surface area contributed by atoms with Gasteiger partial charge in [0.15, 0.2) is 0 Å². The Labute approximate surface area is 68.3 Å². The van der Waals surface area contributed by atoms with Crippen molar-refractivity contribution < 1.29 is 24.9 Å². The second-order valence-corrected chi connectivity index (χ2v) is 2.01. The quantitative estimate of drug-likeness (QED) is 0.736. The van der Waals surface area contributed by atoms with E-state index in [9.17, 15) is 0 Å². The summed E-state index contributed by atoms with van der Waals surface area (Å²) in [6.07, 6.45) is 2.59. The summed E-state index contributed by atoms with van der Waals surface area (Å²) in [6, 6.07) is 1.75. The summed E-state index contributed by atoms with van der Waals surface area (Å²) in [6.45, 7) is 4.10.